The van der Waals surface area contributed by atoms with E-state index in [2.05, 4.69) is 20.8 Å². The summed E-state index contributed by atoms with van der Waals surface area (Å²) in [5, 5.41) is 0. The van der Waals surface area contributed by atoms with Crippen molar-refractivity contribution in [3.63, 3.8) is 0 Å². The Morgan fingerprint density at radius 3 is 2.81 bits per heavy atom. The first-order valence-corrected chi connectivity index (χ1v) is 10.3. The van der Waals surface area contributed by atoms with E-state index in [1.54, 1.807) is 5.57 Å². The molecule has 6 aliphatic rings. The van der Waals surface area contributed by atoms with E-state index in [0.717, 1.165) is 25.7 Å². The van der Waals surface area contributed by atoms with E-state index in [-0.39, 0.29) is 28.1 Å². The van der Waals surface area contributed by atoms with Crippen molar-refractivity contribution in [3.05, 3.63) is 11.1 Å². The molecule has 0 N–H and O–H groups in total. The zero-order valence-corrected chi connectivity index (χ0v) is 16.0. The average molecular weight is 356 g/mol. The first-order valence-electron chi connectivity index (χ1n) is 10.3. The molecule has 1 aliphatic heterocycles. The molecule has 26 heavy (non-hydrogen) atoms. The van der Waals surface area contributed by atoms with Gasteiger partial charge >= 0.3 is 0 Å². The predicted molar refractivity (Wildman–Crippen MR) is 94.2 cm³/mol. The molecule has 0 radical (unpaired) electrons. The second-order valence-corrected chi connectivity index (χ2v) is 10.5. The van der Waals surface area contributed by atoms with Crippen LogP contribution in [0.1, 0.15) is 65.7 Å². The molecule has 4 nitrogen and oxygen atoms in total. The summed E-state index contributed by atoms with van der Waals surface area (Å²) in [6.45, 7) is 7.52. The number of fused-ring (bicyclic) bond motifs is 5. The number of Topliss-reactive ketones (excluding diaryl/α,β-unsaturated/α-hetero) is 1. The maximum atomic E-state index is 12.2. The van der Waals surface area contributed by atoms with Crippen LogP contribution in [0.3, 0.4) is 0 Å². The van der Waals surface area contributed by atoms with Crippen LogP contribution in [0.25, 0.3) is 0 Å². The molecule has 4 heteroatoms. The van der Waals surface area contributed by atoms with Gasteiger partial charge in [-0.1, -0.05) is 25.0 Å². The van der Waals surface area contributed by atoms with E-state index in [0.29, 0.717) is 42.9 Å². The van der Waals surface area contributed by atoms with E-state index < -0.39 is 0 Å². The number of allylic oxidation sites excluding steroid dienone is 1. The average Bonchev–Trinajstić information content (AvgIpc) is 3.47. The lowest BCUT2D eigenvalue weighted by Gasteiger charge is -2.56. The van der Waals surface area contributed by atoms with Crippen molar-refractivity contribution in [1.82, 2.24) is 0 Å². The van der Waals surface area contributed by atoms with Gasteiger partial charge in [-0.2, -0.15) is 0 Å². The van der Waals surface area contributed by atoms with Gasteiger partial charge < -0.3 is 9.47 Å². The molecule has 2 unspecified atom stereocenters. The summed E-state index contributed by atoms with van der Waals surface area (Å²) >= 11 is 0. The Labute approximate surface area is 154 Å². The Morgan fingerprint density at radius 2 is 2.04 bits per heavy atom. The third-order valence-corrected chi connectivity index (χ3v) is 9.92. The van der Waals surface area contributed by atoms with Crippen molar-refractivity contribution < 1.29 is 19.1 Å². The molecule has 6 rings (SSSR count). The van der Waals surface area contributed by atoms with Crippen molar-refractivity contribution in [3.8, 4) is 0 Å². The third-order valence-electron chi connectivity index (χ3n) is 9.92. The Hall–Kier alpha value is -1.16. The van der Waals surface area contributed by atoms with E-state index in [1.807, 2.05) is 0 Å². The van der Waals surface area contributed by atoms with Crippen LogP contribution in [0.2, 0.25) is 0 Å². The monoisotopic (exact) mass is 356 g/mol. The first kappa shape index (κ1) is 15.9. The molecule has 1 saturated heterocycles. The standard InChI is InChI=1S/C22H28O4/c1-19-6-4-12(24)8-16(19)13-9-14(13)18-15-5-7-21(3,25-11-23)20(15,2)10-17-22(18,19)26-17/h11,14-15,17-18H,4-10H2,1-3H3/t14-,15-,17?,18-,19-,20-,21-,22?/m0/s1. The molecule has 5 fully saturated rings. The fraction of sp³-hybridized carbons (Fsp3) is 0.818. The lowest BCUT2D eigenvalue weighted by atomic mass is 9.46. The Bertz CT molecular complexity index is 785. The van der Waals surface area contributed by atoms with Gasteiger partial charge in [0.1, 0.15) is 17.0 Å². The predicted octanol–water partition coefficient (Wildman–Crippen LogP) is 3.58. The number of hydrogen-bond donors (Lipinski definition) is 0. The number of hydrogen-bond acceptors (Lipinski definition) is 4. The van der Waals surface area contributed by atoms with Gasteiger partial charge in [0.25, 0.3) is 6.47 Å². The zero-order chi connectivity index (χ0) is 18.1. The molecule has 0 aromatic heterocycles. The van der Waals surface area contributed by atoms with Crippen LogP contribution in [0.5, 0.6) is 0 Å². The normalized spacial score (nSPS) is 58.8. The highest BCUT2D eigenvalue weighted by atomic mass is 16.6. The van der Waals surface area contributed by atoms with Crippen LogP contribution in [0.4, 0.5) is 0 Å². The minimum Gasteiger partial charge on any atom is -0.461 e. The second-order valence-electron chi connectivity index (χ2n) is 10.5. The summed E-state index contributed by atoms with van der Waals surface area (Å²) in [6.07, 6.45) is 6.82. The van der Waals surface area contributed by atoms with Crippen LogP contribution in [-0.2, 0) is 19.1 Å². The van der Waals surface area contributed by atoms with Crippen LogP contribution < -0.4 is 0 Å². The number of carbonyl (C=O) groups is 2. The van der Waals surface area contributed by atoms with Gasteiger partial charge in [-0.25, -0.2) is 0 Å². The van der Waals surface area contributed by atoms with Crippen molar-refractivity contribution in [2.45, 2.75) is 83.0 Å². The van der Waals surface area contributed by atoms with Crippen molar-refractivity contribution in [1.29, 1.82) is 0 Å². The number of rotatable bonds is 2. The quantitative estimate of drug-likeness (QED) is 0.431. The number of ether oxygens (including phenoxy) is 2. The van der Waals surface area contributed by atoms with Crippen LogP contribution >= 0.6 is 0 Å². The molecule has 0 aromatic rings. The first-order chi connectivity index (χ1) is 12.3. The molecule has 5 aliphatic carbocycles. The molecule has 0 bridgehead atoms. The maximum Gasteiger partial charge on any atom is 0.293 e. The van der Waals surface area contributed by atoms with E-state index in [9.17, 15) is 9.59 Å². The number of carbonyl (C=O) groups excluding carboxylic acids is 2. The summed E-state index contributed by atoms with van der Waals surface area (Å²) in [5.74, 6) is 2.11. The fourth-order valence-electron chi connectivity index (χ4n) is 8.26. The van der Waals surface area contributed by atoms with Gasteiger partial charge in [0, 0.05) is 29.6 Å². The molecule has 8 atom stereocenters. The summed E-state index contributed by atoms with van der Waals surface area (Å²) < 4.78 is 12.4. The van der Waals surface area contributed by atoms with Gasteiger partial charge in [0.2, 0.25) is 0 Å². The number of epoxide rings is 1. The van der Waals surface area contributed by atoms with E-state index in [4.69, 9.17) is 9.47 Å². The largest absolute Gasteiger partial charge is 0.461 e. The summed E-state index contributed by atoms with van der Waals surface area (Å²) in [4.78, 5) is 23.4. The summed E-state index contributed by atoms with van der Waals surface area (Å²) in [7, 11) is 0. The summed E-state index contributed by atoms with van der Waals surface area (Å²) in [5.41, 5.74) is 2.65. The molecule has 0 amide bonds. The highest BCUT2D eigenvalue weighted by Gasteiger charge is 2.83. The molecule has 140 valence electrons. The highest BCUT2D eigenvalue weighted by molar-refractivity contribution is 5.84. The van der Waals surface area contributed by atoms with Crippen LogP contribution in [0, 0.1) is 28.6 Å². The molecule has 4 saturated carbocycles. The van der Waals surface area contributed by atoms with Gasteiger partial charge in [-0.3, -0.25) is 9.59 Å². The minimum absolute atomic E-state index is 0.00467. The van der Waals surface area contributed by atoms with Crippen molar-refractivity contribution in [2.75, 3.05) is 0 Å². The highest BCUT2D eigenvalue weighted by Crippen LogP contribution is 2.81. The lowest BCUT2D eigenvalue weighted by molar-refractivity contribution is -0.161. The zero-order valence-electron chi connectivity index (χ0n) is 16.0. The second kappa shape index (κ2) is 4.29. The van der Waals surface area contributed by atoms with Crippen molar-refractivity contribution >= 4 is 12.3 Å². The van der Waals surface area contributed by atoms with Gasteiger partial charge in [0.15, 0.2) is 0 Å². The maximum absolute atomic E-state index is 12.2. The summed E-state index contributed by atoms with van der Waals surface area (Å²) in [6, 6.07) is 0. The van der Waals surface area contributed by atoms with Crippen LogP contribution in [-0.4, -0.2) is 29.6 Å². The molecule has 1 heterocycles. The number of ketones is 1. The molecular formula is C22H28O4. The smallest absolute Gasteiger partial charge is 0.293 e. The van der Waals surface area contributed by atoms with Gasteiger partial charge in [-0.15, -0.1) is 0 Å². The lowest BCUT2D eigenvalue weighted by Crippen LogP contribution is -2.60. The SMILES string of the molecule is C[C@]12CCC(=O)CC1=C1C[C@@H]1[C@H]1[C@@H]3CC[C@](C)(OC=O)[C@@]3(C)CC3OC312. The Balaban J connectivity index is 1.48. The Morgan fingerprint density at radius 1 is 1.23 bits per heavy atom. The molecule has 1 spiro atoms. The fourth-order valence-corrected chi connectivity index (χ4v) is 8.26. The molecule has 0 aromatic carbocycles. The van der Waals surface area contributed by atoms with Gasteiger partial charge in [0.05, 0.1) is 6.10 Å². The van der Waals surface area contributed by atoms with Crippen LogP contribution in [0.15, 0.2) is 11.1 Å². The van der Waals surface area contributed by atoms with Crippen molar-refractivity contribution in [2.24, 2.45) is 28.6 Å². The van der Waals surface area contributed by atoms with E-state index in [1.165, 1.54) is 12.0 Å². The Kier molecular flexibility index (Phi) is 2.62. The van der Waals surface area contributed by atoms with Gasteiger partial charge in [-0.05, 0) is 50.9 Å². The topological polar surface area (TPSA) is 55.9 Å². The molecular weight excluding hydrogens is 328 g/mol. The van der Waals surface area contributed by atoms with E-state index >= 15 is 0 Å². The third kappa shape index (κ3) is 1.44. The minimum atomic E-state index is -0.375.